The minimum atomic E-state index is -0.384. The van der Waals surface area contributed by atoms with Crippen LogP contribution in [0.4, 0.5) is 5.82 Å². The largest absolute Gasteiger partial charge is 0.393 e. The molecule has 0 radical (unpaired) electrons. The maximum atomic E-state index is 13.5. The van der Waals surface area contributed by atoms with Crippen molar-refractivity contribution < 1.29 is 9.63 Å². The molecule has 1 saturated heterocycles. The van der Waals surface area contributed by atoms with Gasteiger partial charge in [-0.05, 0) is 63.3 Å². The fourth-order valence-corrected chi connectivity index (χ4v) is 5.61. The minimum absolute atomic E-state index is 0.136. The molecule has 2 fully saturated rings. The molecule has 11 heteroatoms. The van der Waals surface area contributed by atoms with E-state index in [4.69, 9.17) is 9.94 Å². The number of hydrogen-bond acceptors (Lipinski definition) is 7. The normalized spacial score (nSPS) is 19.9. The van der Waals surface area contributed by atoms with Gasteiger partial charge in [0.05, 0.1) is 23.6 Å². The lowest BCUT2D eigenvalue weighted by atomic mass is 10.1. The van der Waals surface area contributed by atoms with E-state index in [9.17, 15) is 9.59 Å². The number of rotatable bonds is 7. The molecule has 0 spiro atoms. The molecule has 1 aliphatic carbocycles. The number of fused-ring (bicyclic) bond motifs is 1. The van der Waals surface area contributed by atoms with E-state index < -0.39 is 0 Å². The Hall–Kier alpha value is -4.41. The highest BCUT2D eigenvalue weighted by Crippen LogP contribution is 2.25. The van der Waals surface area contributed by atoms with Gasteiger partial charge in [0.25, 0.3) is 11.5 Å². The van der Waals surface area contributed by atoms with E-state index >= 15 is 0 Å². The molecule has 202 valence electrons. The van der Waals surface area contributed by atoms with Crippen LogP contribution in [-0.4, -0.2) is 60.8 Å². The van der Waals surface area contributed by atoms with Crippen LogP contribution in [0.25, 0.3) is 11.3 Å². The fraction of sp³-hybridized carbons (Fsp3) is 0.393. The van der Waals surface area contributed by atoms with Crippen LogP contribution in [0.2, 0.25) is 0 Å². The molecule has 0 bridgehead atoms. The van der Waals surface area contributed by atoms with Gasteiger partial charge in [-0.25, -0.2) is 14.2 Å². The summed E-state index contributed by atoms with van der Waals surface area (Å²) in [6.45, 7) is 2.30. The zero-order valence-corrected chi connectivity index (χ0v) is 22.1. The third-order valence-electron chi connectivity index (χ3n) is 7.74. The Kier molecular flexibility index (Phi) is 6.64. The first kappa shape index (κ1) is 24.9. The highest BCUT2D eigenvalue weighted by molar-refractivity contribution is 5.95. The molecule has 1 saturated carbocycles. The van der Waals surface area contributed by atoms with Gasteiger partial charge >= 0.3 is 0 Å². The number of imidazole rings is 1. The first-order valence-corrected chi connectivity index (χ1v) is 13.4. The number of carbonyl (C=O) groups is 1. The van der Waals surface area contributed by atoms with Crippen LogP contribution in [0.5, 0.6) is 0 Å². The second kappa shape index (κ2) is 10.4. The van der Waals surface area contributed by atoms with Crippen molar-refractivity contribution in [2.45, 2.75) is 57.2 Å². The molecule has 2 atom stereocenters. The maximum absolute atomic E-state index is 13.5. The molecule has 39 heavy (non-hydrogen) atoms. The third kappa shape index (κ3) is 4.80. The number of aromatic nitrogens is 5. The topological polar surface area (TPSA) is 111 Å². The van der Waals surface area contributed by atoms with Gasteiger partial charge in [0, 0.05) is 32.0 Å². The third-order valence-corrected chi connectivity index (χ3v) is 7.74. The molecule has 2 aliphatic rings. The fourth-order valence-electron chi connectivity index (χ4n) is 5.61. The van der Waals surface area contributed by atoms with Crippen molar-refractivity contribution in [2.24, 2.45) is 12.2 Å². The Labute approximate surface area is 225 Å². The van der Waals surface area contributed by atoms with Crippen molar-refractivity contribution in [1.82, 2.24) is 29.3 Å². The highest BCUT2D eigenvalue weighted by Gasteiger charge is 2.35. The van der Waals surface area contributed by atoms with Crippen LogP contribution >= 0.6 is 0 Å². The van der Waals surface area contributed by atoms with Gasteiger partial charge < -0.3 is 15.1 Å². The number of nitrogens with one attached hydrogen (secondary N) is 1. The summed E-state index contributed by atoms with van der Waals surface area (Å²) >= 11 is 0. The van der Waals surface area contributed by atoms with Gasteiger partial charge in [-0.3, -0.25) is 14.3 Å². The van der Waals surface area contributed by atoms with Crippen LogP contribution in [0.3, 0.4) is 0 Å². The van der Waals surface area contributed by atoms with Crippen molar-refractivity contribution in [3.8, 4) is 5.69 Å². The van der Waals surface area contributed by atoms with Crippen LogP contribution < -0.4 is 15.8 Å². The summed E-state index contributed by atoms with van der Waals surface area (Å²) in [5.41, 5.74) is 1.87. The van der Waals surface area contributed by atoms with E-state index in [1.54, 1.807) is 41.8 Å². The van der Waals surface area contributed by atoms with E-state index in [-0.39, 0.29) is 35.2 Å². The number of carbonyl (C=O) groups excluding carboxylic acids is 1. The molecule has 1 amide bonds. The molecule has 4 aromatic rings. The summed E-state index contributed by atoms with van der Waals surface area (Å²) in [5.74, 6) is 0.363. The van der Waals surface area contributed by atoms with E-state index in [1.807, 2.05) is 42.5 Å². The van der Waals surface area contributed by atoms with Crippen LogP contribution in [-0.2, 0) is 11.9 Å². The molecule has 6 rings (SSSR count). The van der Waals surface area contributed by atoms with Gasteiger partial charge in [-0.1, -0.05) is 23.4 Å². The zero-order valence-electron chi connectivity index (χ0n) is 22.1. The Bertz CT molecular complexity index is 1560. The number of anilines is 1. The lowest BCUT2D eigenvalue weighted by molar-refractivity contribution is 0.0650. The molecular weight excluding hydrogens is 496 g/mol. The number of oxime groups is 1. The molecular formula is C28H32N8O3. The van der Waals surface area contributed by atoms with E-state index in [0.717, 1.165) is 24.3 Å². The average molecular weight is 529 g/mol. The van der Waals surface area contributed by atoms with Crippen molar-refractivity contribution in [3.05, 3.63) is 76.5 Å². The Morgan fingerprint density at radius 3 is 2.74 bits per heavy atom. The standard InChI is InChI=1S/C28H32N8O3/c1-19-26(28(38)36(33(19)2)21-8-4-3-5-9-21)27(37)31-20-16-22(17-30-39-23-10-6-7-11-23)34(18-20)25-13-12-24-29-14-15-35(24)32-25/h3-5,8-9,12-15,17,20,22-23H,6-7,10-11,16,18H2,1-2H3,(H,31,37)/b30-17+/t20-,22+/m0/s1. The second-order valence-corrected chi connectivity index (χ2v) is 10.3. The van der Waals surface area contributed by atoms with Crippen LogP contribution in [0, 0.1) is 6.92 Å². The molecule has 4 heterocycles. The van der Waals surface area contributed by atoms with Gasteiger partial charge in [-0.2, -0.15) is 0 Å². The second-order valence-electron chi connectivity index (χ2n) is 10.3. The molecule has 1 aromatic carbocycles. The van der Waals surface area contributed by atoms with Crippen molar-refractivity contribution in [2.75, 3.05) is 11.4 Å². The highest BCUT2D eigenvalue weighted by atomic mass is 16.6. The van der Waals surface area contributed by atoms with Crippen molar-refractivity contribution >= 4 is 23.6 Å². The first-order valence-electron chi connectivity index (χ1n) is 13.4. The smallest absolute Gasteiger partial charge is 0.284 e. The average Bonchev–Trinajstić information content (AvgIpc) is 3.73. The lowest BCUT2D eigenvalue weighted by Crippen LogP contribution is -2.39. The summed E-state index contributed by atoms with van der Waals surface area (Å²) in [6, 6.07) is 12.8. The number of para-hydroxylation sites is 1. The zero-order chi connectivity index (χ0) is 26.9. The van der Waals surface area contributed by atoms with E-state index in [0.29, 0.717) is 24.3 Å². The summed E-state index contributed by atoms with van der Waals surface area (Å²) in [4.78, 5) is 39.0. The van der Waals surface area contributed by atoms with Crippen LogP contribution in [0.15, 0.2) is 64.8 Å². The molecule has 1 aliphatic heterocycles. The minimum Gasteiger partial charge on any atom is -0.393 e. The van der Waals surface area contributed by atoms with Gasteiger partial charge in [0.15, 0.2) is 5.65 Å². The quantitative estimate of drug-likeness (QED) is 0.292. The van der Waals surface area contributed by atoms with Crippen molar-refractivity contribution in [3.63, 3.8) is 0 Å². The maximum Gasteiger partial charge on any atom is 0.284 e. The SMILES string of the molecule is Cc1c(C(=O)N[C@H]2C[C@H](/C=N/OC3CCCC3)N(c3ccc4nccn4n3)C2)c(=O)n(-c2ccccc2)n1C. The molecule has 11 nitrogen and oxygen atoms in total. The van der Waals surface area contributed by atoms with Gasteiger partial charge in [-0.15, -0.1) is 5.10 Å². The van der Waals surface area contributed by atoms with Crippen LogP contribution in [0.1, 0.15) is 48.2 Å². The Morgan fingerprint density at radius 2 is 1.95 bits per heavy atom. The van der Waals surface area contributed by atoms with E-state index in [1.165, 1.54) is 17.5 Å². The number of hydrogen-bond donors (Lipinski definition) is 1. The molecule has 1 N–H and O–H groups in total. The summed E-state index contributed by atoms with van der Waals surface area (Å²) in [7, 11) is 1.78. The lowest BCUT2D eigenvalue weighted by Gasteiger charge is -2.22. The van der Waals surface area contributed by atoms with E-state index in [2.05, 4.69) is 20.4 Å². The van der Waals surface area contributed by atoms with Gasteiger partial charge in [0.2, 0.25) is 0 Å². The number of amides is 1. The first-order chi connectivity index (χ1) is 19.0. The van der Waals surface area contributed by atoms with Crippen molar-refractivity contribution in [1.29, 1.82) is 0 Å². The summed E-state index contributed by atoms with van der Waals surface area (Å²) in [6.07, 6.45) is 10.5. The predicted octanol–water partition coefficient (Wildman–Crippen LogP) is 2.85. The molecule has 3 aromatic heterocycles. The monoisotopic (exact) mass is 528 g/mol. The summed E-state index contributed by atoms with van der Waals surface area (Å²) in [5, 5.41) is 12.1. The predicted molar refractivity (Wildman–Crippen MR) is 148 cm³/mol. The number of nitrogens with zero attached hydrogens (tertiary/aromatic N) is 7. The Morgan fingerprint density at radius 1 is 1.15 bits per heavy atom. The summed E-state index contributed by atoms with van der Waals surface area (Å²) < 4.78 is 4.96. The molecule has 0 unspecified atom stereocenters. The van der Waals surface area contributed by atoms with Gasteiger partial charge in [0.1, 0.15) is 17.5 Å². The number of benzene rings is 1. The Balaban J connectivity index is 1.24.